The smallest absolute Gasteiger partial charge is 0.168 e. The molecule has 0 radical (unpaired) electrons. The molecule has 0 heterocycles. The number of benzene rings is 1. The summed E-state index contributed by atoms with van der Waals surface area (Å²) in [7, 11) is 0. The van der Waals surface area contributed by atoms with Crippen molar-refractivity contribution in [2.45, 2.75) is 41.0 Å². The van der Waals surface area contributed by atoms with Crippen LogP contribution in [-0.4, -0.2) is 5.78 Å². The van der Waals surface area contributed by atoms with Crippen LogP contribution in [0.1, 0.15) is 48.7 Å². The standard InChI is InChI=1S/C14H19ClO/c1-6-14(4,5)13(16)11-7-10(3)12(15)8-9(11)2/h7-8H,6H2,1-5H3. The van der Waals surface area contributed by atoms with E-state index in [9.17, 15) is 4.79 Å². The largest absolute Gasteiger partial charge is 0.294 e. The zero-order chi connectivity index (χ0) is 12.5. The van der Waals surface area contributed by atoms with Gasteiger partial charge in [-0.3, -0.25) is 4.79 Å². The highest BCUT2D eigenvalue weighted by molar-refractivity contribution is 6.31. The zero-order valence-corrected chi connectivity index (χ0v) is 11.4. The van der Waals surface area contributed by atoms with Crippen molar-refractivity contribution < 1.29 is 4.79 Å². The van der Waals surface area contributed by atoms with E-state index >= 15 is 0 Å². The Bertz CT molecular complexity index is 419. The normalized spacial score (nSPS) is 11.6. The Hall–Kier alpha value is -0.820. The van der Waals surface area contributed by atoms with Crippen LogP contribution in [0.5, 0.6) is 0 Å². The number of ketones is 1. The highest BCUT2D eigenvalue weighted by atomic mass is 35.5. The first kappa shape index (κ1) is 13.2. The lowest BCUT2D eigenvalue weighted by molar-refractivity contribution is 0.0832. The summed E-state index contributed by atoms with van der Waals surface area (Å²) in [5.41, 5.74) is 2.42. The van der Waals surface area contributed by atoms with Gasteiger partial charge in [0.05, 0.1) is 0 Å². The molecular weight excluding hydrogens is 220 g/mol. The summed E-state index contributed by atoms with van der Waals surface area (Å²) in [5, 5.41) is 0.725. The maximum atomic E-state index is 12.3. The molecule has 0 atom stereocenters. The van der Waals surface area contributed by atoms with Gasteiger partial charge in [-0.15, -0.1) is 0 Å². The second-order valence-corrected chi connectivity index (χ2v) is 5.39. The minimum absolute atomic E-state index is 0.201. The number of carbonyl (C=O) groups excluding carboxylic acids is 1. The van der Waals surface area contributed by atoms with Crippen molar-refractivity contribution in [2.75, 3.05) is 0 Å². The Morgan fingerprint density at radius 2 is 1.81 bits per heavy atom. The van der Waals surface area contributed by atoms with Gasteiger partial charge in [0.25, 0.3) is 0 Å². The third kappa shape index (κ3) is 2.46. The van der Waals surface area contributed by atoms with Gasteiger partial charge in [0.2, 0.25) is 0 Å². The van der Waals surface area contributed by atoms with E-state index in [-0.39, 0.29) is 11.2 Å². The molecule has 0 aliphatic rings. The molecule has 0 saturated heterocycles. The van der Waals surface area contributed by atoms with E-state index in [2.05, 4.69) is 0 Å². The molecule has 0 fully saturated rings. The van der Waals surface area contributed by atoms with Gasteiger partial charge in [0.15, 0.2) is 5.78 Å². The number of halogens is 1. The lowest BCUT2D eigenvalue weighted by Gasteiger charge is -2.22. The van der Waals surface area contributed by atoms with Crippen LogP contribution < -0.4 is 0 Å². The van der Waals surface area contributed by atoms with Gasteiger partial charge in [0, 0.05) is 16.0 Å². The van der Waals surface area contributed by atoms with Crippen LogP contribution in [0.3, 0.4) is 0 Å². The average molecular weight is 239 g/mol. The maximum Gasteiger partial charge on any atom is 0.168 e. The predicted octanol–water partition coefficient (Wildman–Crippen LogP) is 4.58. The summed E-state index contributed by atoms with van der Waals surface area (Å²) in [6.45, 7) is 9.87. The first-order chi connectivity index (χ1) is 7.29. The summed E-state index contributed by atoms with van der Waals surface area (Å²) in [5.74, 6) is 0.201. The molecule has 1 nitrogen and oxygen atoms in total. The lowest BCUT2D eigenvalue weighted by atomic mass is 9.80. The van der Waals surface area contributed by atoms with Crippen molar-refractivity contribution in [3.63, 3.8) is 0 Å². The van der Waals surface area contributed by atoms with Crippen LogP contribution in [0, 0.1) is 19.3 Å². The van der Waals surface area contributed by atoms with Gasteiger partial charge in [-0.1, -0.05) is 32.4 Å². The Balaban J connectivity index is 3.25. The van der Waals surface area contributed by atoms with E-state index in [1.807, 2.05) is 46.8 Å². The Morgan fingerprint density at radius 3 is 2.31 bits per heavy atom. The van der Waals surface area contributed by atoms with Crippen LogP contribution in [0.15, 0.2) is 12.1 Å². The van der Waals surface area contributed by atoms with Crippen molar-refractivity contribution in [1.82, 2.24) is 0 Å². The van der Waals surface area contributed by atoms with E-state index in [1.165, 1.54) is 0 Å². The Labute approximate surface area is 103 Å². The molecule has 0 unspecified atom stereocenters. The molecule has 0 bridgehead atoms. The summed E-state index contributed by atoms with van der Waals surface area (Å²) >= 11 is 6.03. The number of aryl methyl sites for hydroxylation is 2. The molecule has 88 valence electrons. The molecule has 0 aromatic heterocycles. The maximum absolute atomic E-state index is 12.3. The van der Waals surface area contributed by atoms with E-state index in [4.69, 9.17) is 11.6 Å². The fourth-order valence-corrected chi connectivity index (χ4v) is 1.77. The second-order valence-electron chi connectivity index (χ2n) is 4.98. The number of rotatable bonds is 3. The SMILES string of the molecule is CCC(C)(C)C(=O)c1cc(C)c(Cl)cc1C. The summed E-state index contributed by atoms with van der Waals surface area (Å²) in [6, 6.07) is 3.77. The minimum Gasteiger partial charge on any atom is -0.294 e. The minimum atomic E-state index is -0.301. The molecule has 16 heavy (non-hydrogen) atoms. The van der Waals surface area contributed by atoms with Crippen molar-refractivity contribution in [3.05, 3.63) is 33.8 Å². The van der Waals surface area contributed by atoms with Crippen LogP contribution in [0.2, 0.25) is 5.02 Å². The quantitative estimate of drug-likeness (QED) is 0.705. The fraction of sp³-hybridized carbons (Fsp3) is 0.500. The number of hydrogen-bond acceptors (Lipinski definition) is 1. The van der Waals surface area contributed by atoms with Crippen LogP contribution in [0.4, 0.5) is 0 Å². The lowest BCUT2D eigenvalue weighted by Crippen LogP contribution is -2.24. The number of hydrogen-bond donors (Lipinski definition) is 0. The zero-order valence-electron chi connectivity index (χ0n) is 10.6. The fourth-order valence-electron chi connectivity index (χ4n) is 1.55. The van der Waals surface area contributed by atoms with Gasteiger partial charge in [-0.05, 0) is 43.5 Å². The third-order valence-electron chi connectivity index (χ3n) is 3.25. The third-order valence-corrected chi connectivity index (χ3v) is 3.66. The van der Waals surface area contributed by atoms with Crippen LogP contribution in [-0.2, 0) is 0 Å². The van der Waals surface area contributed by atoms with Gasteiger partial charge >= 0.3 is 0 Å². The molecule has 2 heteroatoms. The molecule has 1 aromatic carbocycles. The summed E-state index contributed by atoms with van der Waals surface area (Å²) in [4.78, 5) is 12.3. The van der Waals surface area contributed by atoms with Gasteiger partial charge in [0.1, 0.15) is 0 Å². The van der Waals surface area contributed by atoms with E-state index in [1.54, 1.807) is 0 Å². The average Bonchev–Trinajstić information content (AvgIpc) is 2.22. The molecule has 0 amide bonds. The monoisotopic (exact) mass is 238 g/mol. The van der Waals surface area contributed by atoms with Gasteiger partial charge in [-0.2, -0.15) is 0 Å². The van der Waals surface area contributed by atoms with Crippen LogP contribution in [0.25, 0.3) is 0 Å². The first-order valence-electron chi connectivity index (χ1n) is 5.61. The molecule has 0 aliphatic heterocycles. The molecule has 0 saturated carbocycles. The topological polar surface area (TPSA) is 17.1 Å². The second kappa shape index (κ2) is 4.58. The summed E-state index contributed by atoms with van der Waals surface area (Å²) in [6.07, 6.45) is 0.840. The van der Waals surface area contributed by atoms with Crippen LogP contribution >= 0.6 is 11.6 Å². The van der Waals surface area contributed by atoms with Crippen molar-refractivity contribution in [3.8, 4) is 0 Å². The van der Waals surface area contributed by atoms with Crippen molar-refractivity contribution in [2.24, 2.45) is 5.41 Å². The number of Topliss-reactive ketones (excluding diaryl/α,β-unsaturated/α-hetero) is 1. The molecular formula is C14H19ClO. The highest BCUT2D eigenvalue weighted by Crippen LogP contribution is 2.29. The first-order valence-corrected chi connectivity index (χ1v) is 5.99. The van der Waals surface area contributed by atoms with E-state index in [0.717, 1.165) is 28.1 Å². The molecule has 0 spiro atoms. The summed E-state index contributed by atoms with van der Waals surface area (Å²) < 4.78 is 0. The van der Waals surface area contributed by atoms with Gasteiger partial charge < -0.3 is 0 Å². The molecule has 0 aliphatic carbocycles. The van der Waals surface area contributed by atoms with Crippen molar-refractivity contribution in [1.29, 1.82) is 0 Å². The van der Waals surface area contributed by atoms with E-state index in [0.29, 0.717) is 0 Å². The number of carbonyl (C=O) groups is 1. The van der Waals surface area contributed by atoms with Crippen molar-refractivity contribution >= 4 is 17.4 Å². The molecule has 0 N–H and O–H groups in total. The highest BCUT2D eigenvalue weighted by Gasteiger charge is 2.27. The molecule has 1 aromatic rings. The van der Waals surface area contributed by atoms with Gasteiger partial charge in [-0.25, -0.2) is 0 Å². The van der Waals surface area contributed by atoms with E-state index < -0.39 is 0 Å². The predicted molar refractivity (Wildman–Crippen MR) is 69.3 cm³/mol. The Kier molecular flexibility index (Phi) is 3.80. The molecule has 1 rings (SSSR count). The Morgan fingerprint density at radius 1 is 1.25 bits per heavy atom.